The monoisotopic (exact) mass is 311 g/mol. The highest BCUT2D eigenvalue weighted by atomic mass is 35.5. The molecule has 0 unspecified atom stereocenters. The third-order valence-corrected chi connectivity index (χ3v) is 5.62. The van der Waals surface area contributed by atoms with E-state index in [4.69, 9.17) is 11.6 Å². The third kappa shape index (κ3) is 2.72. The molecule has 0 aliphatic heterocycles. The van der Waals surface area contributed by atoms with Gasteiger partial charge in [0.25, 0.3) is 0 Å². The predicted molar refractivity (Wildman–Crippen MR) is 84.5 cm³/mol. The number of aromatic amines is 1. The molecule has 108 valence electrons. The molecule has 2 aromatic rings. The van der Waals surface area contributed by atoms with Gasteiger partial charge in [-0.15, -0.1) is 0 Å². The standard InChI is InChI=1S/C13H18ClN5S/c1-20-13(5-3-2-4-6-13)7-15-10-9-11(17-8-16-9)19-12(14)18-10/h8H,2-7H2,1H3,(H2,15,16,17,18,19). The second-order valence-corrected chi connectivity index (χ2v) is 6.86. The Morgan fingerprint density at radius 3 is 2.90 bits per heavy atom. The van der Waals surface area contributed by atoms with Gasteiger partial charge in [0, 0.05) is 11.3 Å². The number of hydrogen-bond donors (Lipinski definition) is 2. The van der Waals surface area contributed by atoms with Crippen molar-refractivity contribution < 1.29 is 0 Å². The van der Waals surface area contributed by atoms with Gasteiger partial charge in [0.15, 0.2) is 11.5 Å². The molecule has 2 N–H and O–H groups in total. The van der Waals surface area contributed by atoms with Crippen molar-refractivity contribution in [2.24, 2.45) is 0 Å². The lowest BCUT2D eigenvalue weighted by atomic mass is 9.88. The summed E-state index contributed by atoms with van der Waals surface area (Å²) in [6, 6.07) is 0. The third-order valence-electron chi connectivity index (χ3n) is 4.03. The van der Waals surface area contributed by atoms with E-state index in [2.05, 4.69) is 31.5 Å². The van der Waals surface area contributed by atoms with Gasteiger partial charge in [0.1, 0.15) is 5.52 Å². The minimum Gasteiger partial charge on any atom is -0.367 e. The van der Waals surface area contributed by atoms with E-state index in [1.165, 1.54) is 32.1 Å². The summed E-state index contributed by atoms with van der Waals surface area (Å²) in [6.07, 6.45) is 10.3. The van der Waals surface area contributed by atoms with Crippen LogP contribution in [0.1, 0.15) is 32.1 Å². The molecule has 2 heterocycles. The van der Waals surface area contributed by atoms with Gasteiger partial charge in [-0.25, -0.2) is 4.98 Å². The molecule has 3 rings (SSSR count). The van der Waals surface area contributed by atoms with Crippen molar-refractivity contribution in [1.29, 1.82) is 0 Å². The molecule has 0 saturated heterocycles. The van der Waals surface area contributed by atoms with Gasteiger partial charge < -0.3 is 10.3 Å². The summed E-state index contributed by atoms with van der Waals surface area (Å²) < 4.78 is 0.308. The predicted octanol–water partition coefficient (Wildman–Crippen LogP) is 3.48. The van der Waals surface area contributed by atoms with Gasteiger partial charge >= 0.3 is 0 Å². The van der Waals surface area contributed by atoms with Crippen LogP contribution in [0, 0.1) is 0 Å². The van der Waals surface area contributed by atoms with Crippen LogP contribution in [0.5, 0.6) is 0 Å². The molecule has 0 radical (unpaired) electrons. The van der Waals surface area contributed by atoms with Gasteiger partial charge in [-0.2, -0.15) is 21.7 Å². The van der Waals surface area contributed by atoms with Crippen LogP contribution >= 0.6 is 23.4 Å². The van der Waals surface area contributed by atoms with Crippen LogP contribution in [0.4, 0.5) is 5.82 Å². The molecule has 1 saturated carbocycles. The number of nitrogens with one attached hydrogen (secondary N) is 2. The Morgan fingerprint density at radius 2 is 2.15 bits per heavy atom. The van der Waals surface area contributed by atoms with Gasteiger partial charge in [-0.3, -0.25) is 0 Å². The first kappa shape index (κ1) is 13.9. The van der Waals surface area contributed by atoms with Crippen molar-refractivity contribution in [2.75, 3.05) is 18.1 Å². The summed E-state index contributed by atoms with van der Waals surface area (Å²) in [5, 5.41) is 3.68. The zero-order valence-electron chi connectivity index (χ0n) is 11.4. The quantitative estimate of drug-likeness (QED) is 0.846. The molecule has 0 amide bonds. The summed E-state index contributed by atoms with van der Waals surface area (Å²) in [5.74, 6) is 0.747. The van der Waals surface area contributed by atoms with E-state index in [9.17, 15) is 0 Å². The number of halogens is 1. The minimum atomic E-state index is 0.231. The minimum absolute atomic E-state index is 0.231. The topological polar surface area (TPSA) is 66.5 Å². The first-order chi connectivity index (χ1) is 9.72. The number of thioether (sulfide) groups is 1. The molecule has 1 aliphatic rings. The molecule has 5 nitrogen and oxygen atoms in total. The van der Waals surface area contributed by atoms with Crippen molar-refractivity contribution in [1.82, 2.24) is 19.9 Å². The lowest BCUT2D eigenvalue weighted by molar-refractivity contribution is 0.411. The maximum absolute atomic E-state index is 5.95. The van der Waals surface area contributed by atoms with Gasteiger partial charge in [-0.05, 0) is 30.7 Å². The molecular formula is C13H18ClN5S. The number of fused-ring (bicyclic) bond motifs is 1. The van der Waals surface area contributed by atoms with Crippen LogP contribution in [0.15, 0.2) is 6.33 Å². The Morgan fingerprint density at radius 1 is 1.35 bits per heavy atom. The zero-order valence-corrected chi connectivity index (χ0v) is 13.0. The Bertz CT molecular complexity index is 593. The highest BCUT2D eigenvalue weighted by molar-refractivity contribution is 8.00. The van der Waals surface area contributed by atoms with E-state index in [1.807, 2.05) is 11.8 Å². The van der Waals surface area contributed by atoms with Crippen LogP contribution in [0.2, 0.25) is 5.28 Å². The van der Waals surface area contributed by atoms with Crippen molar-refractivity contribution >= 4 is 40.3 Å². The number of nitrogens with zero attached hydrogens (tertiary/aromatic N) is 3. The fourth-order valence-corrected chi connectivity index (χ4v) is 3.91. The highest BCUT2D eigenvalue weighted by Crippen LogP contribution is 2.38. The van der Waals surface area contributed by atoms with E-state index >= 15 is 0 Å². The molecule has 1 aliphatic carbocycles. The fourth-order valence-electron chi connectivity index (χ4n) is 2.83. The molecule has 0 aromatic carbocycles. The Balaban J connectivity index is 1.80. The molecule has 0 atom stereocenters. The van der Waals surface area contributed by atoms with E-state index in [-0.39, 0.29) is 5.28 Å². The molecule has 20 heavy (non-hydrogen) atoms. The molecule has 1 fully saturated rings. The number of rotatable bonds is 4. The van der Waals surface area contributed by atoms with E-state index in [0.717, 1.165) is 17.9 Å². The average molecular weight is 312 g/mol. The normalized spacial score (nSPS) is 18.3. The maximum Gasteiger partial charge on any atom is 0.226 e. The first-order valence-electron chi connectivity index (χ1n) is 6.88. The second kappa shape index (κ2) is 5.77. The number of aromatic nitrogens is 4. The molecule has 0 spiro atoms. The van der Waals surface area contributed by atoms with Gasteiger partial charge in [0.05, 0.1) is 6.33 Å². The lowest BCUT2D eigenvalue weighted by Crippen LogP contribution is -2.35. The fraction of sp³-hybridized carbons (Fsp3) is 0.615. The second-order valence-electron chi connectivity index (χ2n) is 5.24. The number of H-pyrrole nitrogens is 1. The number of hydrogen-bond acceptors (Lipinski definition) is 5. The van der Waals surface area contributed by atoms with Gasteiger partial charge in [-0.1, -0.05) is 19.3 Å². The Labute approximate surface area is 127 Å². The SMILES string of the molecule is CSC1(CNc2nc(Cl)nc3nc[nH]c23)CCCCC1. The van der Waals surface area contributed by atoms with E-state index in [0.29, 0.717) is 10.4 Å². The average Bonchev–Trinajstić information content (AvgIpc) is 2.94. The zero-order chi connectivity index (χ0) is 14.0. The van der Waals surface area contributed by atoms with Crippen molar-refractivity contribution in [3.63, 3.8) is 0 Å². The van der Waals surface area contributed by atoms with Crippen molar-refractivity contribution in [3.8, 4) is 0 Å². The van der Waals surface area contributed by atoms with Crippen molar-refractivity contribution in [2.45, 2.75) is 36.9 Å². The summed E-state index contributed by atoms with van der Waals surface area (Å²) >= 11 is 7.91. The van der Waals surface area contributed by atoms with Crippen LogP contribution in [0.3, 0.4) is 0 Å². The molecular weight excluding hydrogens is 294 g/mol. The van der Waals surface area contributed by atoms with Crippen LogP contribution in [-0.4, -0.2) is 37.5 Å². The molecule has 0 bridgehead atoms. The van der Waals surface area contributed by atoms with E-state index < -0.39 is 0 Å². The van der Waals surface area contributed by atoms with E-state index in [1.54, 1.807) is 6.33 Å². The summed E-state index contributed by atoms with van der Waals surface area (Å²) in [4.78, 5) is 15.6. The summed E-state index contributed by atoms with van der Waals surface area (Å²) in [7, 11) is 0. The maximum atomic E-state index is 5.95. The molecule has 2 aromatic heterocycles. The first-order valence-corrected chi connectivity index (χ1v) is 8.48. The lowest BCUT2D eigenvalue weighted by Gasteiger charge is -2.36. The number of imidazole rings is 1. The van der Waals surface area contributed by atoms with Crippen molar-refractivity contribution in [3.05, 3.63) is 11.6 Å². The van der Waals surface area contributed by atoms with Crippen LogP contribution in [-0.2, 0) is 0 Å². The molecule has 7 heteroatoms. The summed E-state index contributed by atoms with van der Waals surface area (Å²) in [6.45, 7) is 0.898. The highest BCUT2D eigenvalue weighted by Gasteiger charge is 2.31. The van der Waals surface area contributed by atoms with Gasteiger partial charge in [0.2, 0.25) is 5.28 Å². The van der Waals surface area contributed by atoms with Crippen LogP contribution in [0.25, 0.3) is 11.2 Å². The largest absolute Gasteiger partial charge is 0.367 e. The smallest absolute Gasteiger partial charge is 0.226 e. The number of anilines is 1. The summed E-state index contributed by atoms with van der Waals surface area (Å²) in [5.41, 5.74) is 1.43. The Kier molecular flexibility index (Phi) is 4.03. The van der Waals surface area contributed by atoms with Crippen LogP contribution < -0.4 is 5.32 Å². The Hall–Kier alpha value is -1.01.